The normalized spacial score (nSPS) is 13.6. The van der Waals surface area contributed by atoms with Gasteiger partial charge in [0.25, 0.3) is 0 Å². The van der Waals surface area contributed by atoms with E-state index in [0.29, 0.717) is 5.92 Å². The molecule has 0 N–H and O–H groups in total. The fourth-order valence-corrected chi connectivity index (χ4v) is 0.149. The molecule has 0 unspecified atom stereocenters. The molecule has 0 aliphatic rings. The maximum Gasteiger partial charge on any atom is 0.0655 e. The van der Waals surface area contributed by atoms with Crippen LogP contribution in [0.2, 0.25) is 0 Å². The summed E-state index contributed by atoms with van der Waals surface area (Å²) in [4.78, 5) is 0. The van der Waals surface area contributed by atoms with Crippen molar-refractivity contribution in [2.75, 3.05) is 0 Å². The summed E-state index contributed by atoms with van der Waals surface area (Å²) in [7, 11) is 0. The Labute approximate surface area is 45.0 Å². The van der Waals surface area contributed by atoms with Gasteiger partial charge in [-0.3, -0.25) is 0 Å². The van der Waals surface area contributed by atoms with Crippen molar-refractivity contribution in [1.82, 2.24) is 0 Å². The van der Waals surface area contributed by atoms with E-state index in [1.54, 1.807) is 0 Å². The van der Waals surface area contributed by atoms with E-state index in [0.717, 1.165) is 0 Å². The minimum atomic E-state index is 0.208. The zero-order chi connectivity index (χ0) is 5.86. The molecule has 0 aromatic rings. The van der Waals surface area contributed by atoms with Gasteiger partial charge in [0.15, 0.2) is 0 Å². The van der Waals surface area contributed by atoms with Crippen LogP contribution in [0.25, 0.3) is 0 Å². The Kier molecular flexibility index (Phi) is 2.44. The minimum Gasteiger partial charge on any atom is -0.198 e. The van der Waals surface area contributed by atoms with Crippen molar-refractivity contribution in [2.45, 2.75) is 20.8 Å². The quantitative estimate of drug-likeness (QED) is 0.489. The first kappa shape index (κ1) is 6.49. The van der Waals surface area contributed by atoms with E-state index >= 15 is 0 Å². The highest BCUT2D eigenvalue weighted by Gasteiger charge is 2.02. The molecule has 0 radical (unpaired) electrons. The van der Waals surface area contributed by atoms with Gasteiger partial charge in [0.1, 0.15) is 0 Å². The van der Waals surface area contributed by atoms with Crippen molar-refractivity contribution in [3.63, 3.8) is 0 Å². The van der Waals surface area contributed by atoms with Crippen LogP contribution >= 0.6 is 0 Å². The highest BCUT2D eigenvalue weighted by atomic mass is 14.3. The third-order valence-corrected chi connectivity index (χ3v) is 1.20. The smallest absolute Gasteiger partial charge is 0.0655 e. The molecule has 0 saturated carbocycles. The van der Waals surface area contributed by atoms with E-state index in [9.17, 15) is 0 Å². The number of hydrogen-bond acceptors (Lipinski definition) is 1. The summed E-state index contributed by atoms with van der Waals surface area (Å²) in [6, 6.07) is 2.16. The Balaban J connectivity index is 3.40. The molecule has 0 aromatic carbocycles. The van der Waals surface area contributed by atoms with Gasteiger partial charge in [-0.05, 0) is 12.8 Å². The Morgan fingerprint density at radius 2 is 1.71 bits per heavy atom. The number of nitrogens with zero attached hydrogens (tertiary/aromatic N) is 1. The second-order valence-corrected chi connectivity index (χ2v) is 2.16. The molecule has 0 aromatic heterocycles. The lowest BCUT2D eigenvalue weighted by molar-refractivity contribution is 0.515. The van der Waals surface area contributed by atoms with Crippen molar-refractivity contribution >= 4 is 0 Å². The number of hydrogen-bond donors (Lipinski definition) is 0. The standard InChI is InChI=1S/C6H11N/c1-5(2)6(3)4-7/h5-6H,1-3H3/t6-/m0/s1. The maximum atomic E-state index is 8.26. The largest absolute Gasteiger partial charge is 0.198 e. The van der Waals surface area contributed by atoms with Gasteiger partial charge in [0.2, 0.25) is 0 Å². The highest BCUT2D eigenvalue weighted by molar-refractivity contribution is 4.80. The summed E-state index contributed by atoms with van der Waals surface area (Å²) >= 11 is 0. The average molecular weight is 97.2 g/mol. The van der Waals surface area contributed by atoms with Crippen molar-refractivity contribution in [3.8, 4) is 6.07 Å². The molecule has 1 nitrogen and oxygen atoms in total. The van der Waals surface area contributed by atoms with Gasteiger partial charge in [-0.25, -0.2) is 0 Å². The molecule has 0 aliphatic carbocycles. The summed E-state index contributed by atoms with van der Waals surface area (Å²) in [5.41, 5.74) is 0. The first-order valence-electron chi connectivity index (χ1n) is 2.58. The van der Waals surface area contributed by atoms with Crippen LogP contribution in [-0.4, -0.2) is 0 Å². The maximum absolute atomic E-state index is 8.26. The first-order chi connectivity index (χ1) is 3.18. The molecule has 1 heteroatoms. The molecule has 0 spiro atoms. The topological polar surface area (TPSA) is 23.8 Å². The molecule has 7 heavy (non-hydrogen) atoms. The van der Waals surface area contributed by atoms with Gasteiger partial charge in [-0.1, -0.05) is 13.8 Å². The zero-order valence-electron chi connectivity index (χ0n) is 5.10. The van der Waals surface area contributed by atoms with Gasteiger partial charge in [0, 0.05) is 5.92 Å². The van der Waals surface area contributed by atoms with Crippen LogP contribution in [0.3, 0.4) is 0 Å². The molecule has 40 valence electrons. The molecule has 0 saturated heterocycles. The average Bonchev–Trinajstić information content (AvgIpc) is 1.65. The minimum absolute atomic E-state index is 0.208. The van der Waals surface area contributed by atoms with Crippen molar-refractivity contribution in [3.05, 3.63) is 0 Å². The summed E-state index contributed by atoms with van der Waals surface area (Å²) in [6.07, 6.45) is 0. The lowest BCUT2D eigenvalue weighted by Gasteiger charge is -2.02. The zero-order valence-corrected chi connectivity index (χ0v) is 5.10. The van der Waals surface area contributed by atoms with Crippen LogP contribution in [0.4, 0.5) is 0 Å². The highest BCUT2D eigenvalue weighted by Crippen LogP contribution is 2.05. The van der Waals surface area contributed by atoms with Crippen LogP contribution < -0.4 is 0 Å². The van der Waals surface area contributed by atoms with Gasteiger partial charge in [-0.15, -0.1) is 0 Å². The molecule has 1 atom stereocenters. The van der Waals surface area contributed by atoms with Gasteiger partial charge < -0.3 is 0 Å². The molecule has 0 rings (SSSR count). The van der Waals surface area contributed by atoms with E-state index in [2.05, 4.69) is 6.07 Å². The number of nitriles is 1. The van der Waals surface area contributed by atoms with Crippen LogP contribution in [0.1, 0.15) is 20.8 Å². The predicted molar refractivity (Wildman–Crippen MR) is 29.6 cm³/mol. The van der Waals surface area contributed by atoms with Crippen LogP contribution in [0.5, 0.6) is 0 Å². The van der Waals surface area contributed by atoms with Gasteiger partial charge >= 0.3 is 0 Å². The summed E-state index contributed by atoms with van der Waals surface area (Å²) in [6.45, 7) is 6.03. The van der Waals surface area contributed by atoms with E-state index in [1.165, 1.54) is 0 Å². The molecular weight excluding hydrogens is 86.1 g/mol. The van der Waals surface area contributed by atoms with Crippen molar-refractivity contribution in [2.24, 2.45) is 11.8 Å². The monoisotopic (exact) mass is 97.1 g/mol. The molecule has 0 fully saturated rings. The van der Waals surface area contributed by atoms with Crippen LogP contribution in [0.15, 0.2) is 0 Å². The molecule has 0 amide bonds. The summed E-state index contributed by atoms with van der Waals surface area (Å²) in [5.74, 6) is 0.713. The SMILES string of the molecule is CC(C)[C@@H](C)C#N. The first-order valence-corrected chi connectivity index (χ1v) is 2.58. The summed E-state index contributed by atoms with van der Waals surface area (Å²) in [5, 5.41) is 8.26. The second kappa shape index (κ2) is 2.63. The lowest BCUT2D eigenvalue weighted by Crippen LogP contribution is -1.98. The van der Waals surface area contributed by atoms with Crippen molar-refractivity contribution in [1.29, 1.82) is 5.26 Å². The van der Waals surface area contributed by atoms with Gasteiger partial charge in [0.05, 0.1) is 6.07 Å². The fraction of sp³-hybridized carbons (Fsp3) is 0.833. The number of rotatable bonds is 1. The third-order valence-electron chi connectivity index (χ3n) is 1.20. The Hall–Kier alpha value is -0.510. The van der Waals surface area contributed by atoms with Crippen LogP contribution in [-0.2, 0) is 0 Å². The van der Waals surface area contributed by atoms with Crippen LogP contribution in [0, 0.1) is 23.2 Å². The van der Waals surface area contributed by atoms with E-state index < -0.39 is 0 Å². The molecule has 0 bridgehead atoms. The van der Waals surface area contributed by atoms with Gasteiger partial charge in [-0.2, -0.15) is 5.26 Å². The van der Waals surface area contributed by atoms with Crippen molar-refractivity contribution < 1.29 is 0 Å². The predicted octanol–water partition coefficient (Wildman–Crippen LogP) is 1.80. The van der Waals surface area contributed by atoms with E-state index in [4.69, 9.17) is 5.26 Å². The molecular formula is C6H11N. The summed E-state index contributed by atoms with van der Waals surface area (Å²) < 4.78 is 0. The fourth-order valence-electron chi connectivity index (χ4n) is 0.149. The van der Waals surface area contributed by atoms with E-state index in [1.807, 2.05) is 20.8 Å². The lowest BCUT2D eigenvalue weighted by atomic mass is 10.0. The third kappa shape index (κ3) is 2.22. The Morgan fingerprint density at radius 3 is 1.71 bits per heavy atom. The Bertz CT molecular complexity index is 78.7. The molecule has 0 heterocycles. The molecule has 0 aliphatic heterocycles. The second-order valence-electron chi connectivity index (χ2n) is 2.16. The Morgan fingerprint density at radius 1 is 1.29 bits per heavy atom. The van der Waals surface area contributed by atoms with E-state index in [-0.39, 0.29) is 5.92 Å².